The Morgan fingerprint density at radius 2 is 2.11 bits per heavy atom. The van der Waals surface area contributed by atoms with Crippen LogP contribution >= 0.6 is 11.6 Å². The number of benzene rings is 1. The van der Waals surface area contributed by atoms with Crippen LogP contribution in [0, 0.1) is 6.92 Å². The maximum Gasteiger partial charge on any atom is 0.163 e. The first kappa shape index (κ1) is 13.8. The lowest BCUT2D eigenvalue weighted by molar-refractivity contribution is 0.416. The molecule has 0 saturated heterocycles. The number of hydrogen-bond acceptors (Lipinski definition) is 4. The number of hydrogen-bond donors (Lipinski definition) is 1. The predicted octanol–water partition coefficient (Wildman–Crippen LogP) is 3.13. The molecular formula is C14H16ClN3O. The second kappa shape index (κ2) is 5.55. The van der Waals surface area contributed by atoms with Gasteiger partial charge in [0.1, 0.15) is 5.75 Å². The van der Waals surface area contributed by atoms with E-state index in [0.717, 1.165) is 16.8 Å². The Balaban J connectivity index is 2.51. The molecule has 0 aliphatic carbocycles. The van der Waals surface area contributed by atoms with Gasteiger partial charge in [0.15, 0.2) is 5.82 Å². The maximum atomic E-state index is 5.94. The molecule has 0 aliphatic heterocycles. The number of nitrogens with two attached hydrogens (primary N) is 1. The van der Waals surface area contributed by atoms with Gasteiger partial charge in [-0.25, -0.2) is 9.97 Å². The Morgan fingerprint density at radius 1 is 1.37 bits per heavy atom. The Labute approximate surface area is 117 Å². The van der Waals surface area contributed by atoms with Gasteiger partial charge >= 0.3 is 0 Å². The highest BCUT2D eigenvalue weighted by Gasteiger charge is 2.12. The third kappa shape index (κ3) is 2.85. The molecule has 0 amide bonds. The molecule has 4 nitrogen and oxygen atoms in total. The fraction of sp³-hybridized carbons (Fsp3) is 0.286. The molecule has 2 rings (SSSR count). The summed E-state index contributed by atoms with van der Waals surface area (Å²) in [5.74, 6) is 1.26. The van der Waals surface area contributed by atoms with Gasteiger partial charge in [-0.05, 0) is 32.0 Å². The van der Waals surface area contributed by atoms with Crippen LogP contribution in [0.2, 0.25) is 5.02 Å². The number of methoxy groups -OCH3 is 1. The molecule has 5 heteroatoms. The van der Waals surface area contributed by atoms with Crippen LogP contribution in [0.25, 0.3) is 11.4 Å². The summed E-state index contributed by atoms with van der Waals surface area (Å²) in [6.07, 6.45) is 1.76. The number of nitrogens with zero attached hydrogens (tertiary/aromatic N) is 2. The summed E-state index contributed by atoms with van der Waals surface area (Å²) in [6.45, 7) is 3.83. The van der Waals surface area contributed by atoms with E-state index in [9.17, 15) is 0 Å². The van der Waals surface area contributed by atoms with Gasteiger partial charge < -0.3 is 10.5 Å². The van der Waals surface area contributed by atoms with E-state index in [0.29, 0.717) is 16.6 Å². The first-order valence-electron chi connectivity index (χ1n) is 5.96. The van der Waals surface area contributed by atoms with E-state index in [1.54, 1.807) is 25.4 Å². The van der Waals surface area contributed by atoms with Crippen molar-refractivity contribution in [2.24, 2.45) is 5.73 Å². The number of halogens is 1. The van der Waals surface area contributed by atoms with Gasteiger partial charge in [0.25, 0.3) is 0 Å². The number of aryl methyl sites for hydroxylation is 1. The average Bonchev–Trinajstić information content (AvgIpc) is 2.37. The monoisotopic (exact) mass is 277 g/mol. The summed E-state index contributed by atoms with van der Waals surface area (Å²) in [7, 11) is 1.60. The summed E-state index contributed by atoms with van der Waals surface area (Å²) in [6, 6.07) is 5.30. The third-order valence-corrected chi connectivity index (χ3v) is 3.15. The Morgan fingerprint density at radius 3 is 2.68 bits per heavy atom. The highest BCUT2D eigenvalue weighted by atomic mass is 35.5. The van der Waals surface area contributed by atoms with Crippen molar-refractivity contribution in [2.75, 3.05) is 7.11 Å². The van der Waals surface area contributed by atoms with E-state index in [-0.39, 0.29) is 6.04 Å². The van der Waals surface area contributed by atoms with Crippen LogP contribution in [-0.4, -0.2) is 17.1 Å². The molecule has 100 valence electrons. The minimum Gasteiger partial charge on any atom is -0.496 e. The van der Waals surface area contributed by atoms with Gasteiger partial charge in [-0.3, -0.25) is 0 Å². The summed E-state index contributed by atoms with van der Waals surface area (Å²) in [5.41, 5.74) is 8.48. The molecule has 1 heterocycles. The molecule has 2 aromatic rings. The van der Waals surface area contributed by atoms with Gasteiger partial charge in [-0.15, -0.1) is 0 Å². The highest BCUT2D eigenvalue weighted by Crippen LogP contribution is 2.30. The van der Waals surface area contributed by atoms with Crippen molar-refractivity contribution in [3.8, 4) is 17.1 Å². The summed E-state index contributed by atoms with van der Waals surface area (Å²) in [5, 5.41) is 0.615. The van der Waals surface area contributed by atoms with Crippen molar-refractivity contribution in [2.45, 2.75) is 19.9 Å². The largest absolute Gasteiger partial charge is 0.496 e. The van der Waals surface area contributed by atoms with Crippen LogP contribution in [0.3, 0.4) is 0 Å². The molecule has 0 unspecified atom stereocenters. The first-order chi connectivity index (χ1) is 9.02. The zero-order valence-corrected chi connectivity index (χ0v) is 11.9. The predicted molar refractivity (Wildman–Crippen MR) is 76.4 cm³/mol. The van der Waals surface area contributed by atoms with Crippen molar-refractivity contribution in [3.63, 3.8) is 0 Å². The SMILES string of the molecule is COc1cc(Cl)ccc1-c1ncc([C@@H](C)N)c(C)n1. The number of rotatable bonds is 3. The lowest BCUT2D eigenvalue weighted by atomic mass is 10.1. The molecule has 0 saturated carbocycles. The molecule has 1 atom stereocenters. The molecule has 0 bridgehead atoms. The van der Waals surface area contributed by atoms with E-state index in [1.807, 2.05) is 19.9 Å². The van der Waals surface area contributed by atoms with Crippen LogP contribution in [0.1, 0.15) is 24.2 Å². The van der Waals surface area contributed by atoms with Gasteiger partial charge in [0, 0.05) is 28.5 Å². The van der Waals surface area contributed by atoms with Gasteiger partial charge in [-0.1, -0.05) is 11.6 Å². The van der Waals surface area contributed by atoms with E-state index < -0.39 is 0 Å². The normalized spacial score (nSPS) is 12.3. The molecule has 19 heavy (non-hydrogen) atoms. The van der Waals surface area contributed by atoms with E-state index >= 15 is 0 Å². The van der Waals surface area contributed by atoms with Gasteiger partial charge in [0.2, 0.25) is 0 Å². The topological polar surface area (TPSA) is 61.0 Å². The molecule has 0 radical (unpaired) electrons. The van der Waals surface area contributed by atoms with Crippen molar-refractivity contribution in [3.05, 3.63) is 40.7 Å². The average molecular weight is 278 g/mol. The quantitative estimate of drug-likeness (QED) is 0.936. The lowest BCUT2D eigenvalue weighted by Gasteiger charge is -2.12. The molecule has 2 N–H and O–H groups in total. The maximum absolute atomic E-state index is 5.94. The Bertz CT molecular complexity index is 599. The molecule has 1 aromatic heterocycles. The van der Waals surface area contributed by atoms with Gasteiger partial charge in [-0.2, -0.15) is 0 Å². The number of ether oxygens (including phenoxy) is 1. The minimum atomic E-state index is -0.0823. The smallest absolute Gasteiger partial charge is 0.163 e. The summed E-state index contributed by atoms with van der Waals surface area (Å²) >= 11 is 5.94. The zero-order valence-electron chi connectivity index (χ0n) is 11.1. The van der Waals surface area contributed by atoms with E-state index in [4.69, 9.17) is 22.1 Å². The molecule has 0 fully saturated rings. The Kier molecular flexibility index (Phi) is 4.02. The van der Waals surface area contributed by atoms with Crippen LogP contribution in [0.4, 0.5) is 0 Å². The third-order valence-electron chi connectivity index (χ3n) is 2.91. The van der Waals surface area contributed by atoms with Crippen molar-refractivity contribution >= 4 is 11.6 Å². The fourth-order valence-corrected chi connectivity index (χ4v) is 2.07. The van der Waals surface area contributed by atoms with E-state index in [2.05, 4.69) is 9.97 Å². The second-order valence-electron chi connectivity index (χ2n) is 4.37. The molecule has 0 aliphatic rings. The summed E-state index contributed by atoms with van der Waals surface area (Å²) < 4.78 is 5.31. The molecule has 1 aromatic carbocycles. The van der Waals surface area contributed by atoms with Gasteiger partial charge in [0.05, 0.1) is 12.7 Å². The number of aromatic nitrogens is 2. The lowest BCUT2D eigenvalue weighted by Crippen LogP contribution is -2.09. The van der Waals surface area contributed by atoms with Crippen LogP contribution in [-0.2, 0) is 0 Å². The second-order valence-corrected chi connectivity index (χ2v) is 4.80. The molecular weight excluding hydrogens is 262 g/mol. The summed E-state index contributed by atoms with van der Waals surface area (Å²) in [4.78, 5) is 8.84. The van der Waals surface area contributed by atoms with Crippen LogP contribution in [0.5, 0.6) is 5.75 Å². The van der Waals surface area contributed by atoms with Crippen molar-refractivity contribution in [1.82, 2.24) is 9.97 Å². The first-order valence-corrected chi connectivity index (χ1v) is 6.33. The van der Waals surface area contributed by atoms with Crippen molar-refractivity contribution < 1.29 is 4.74 Å². The fourth-order valence-electron chi connectivity index (χ4n) is 1.90. The minimum absolute atomic E-state index is 0.0823. The van der Waals surface area contributed by atoms with Crippen molar-refractivity contribution in [1.29, 1.82) is 0 Å². The van der Waals surface area contributed by atoms with Crippen LogP contribution in [0.15, 0.2) is 24.4 Å². The van der Waals surface area contributed by atoms with E-state index in [1.165, 1.54) is 0 Å². The zero-order chi connectivity index (χ0) is 14.0. The standard InChI is InChI=1S/C14H16ClN3O/c1-8(16)12-7-17-14(18-9(12)2)11-5-4-10(15)6-13(11)19-3/h4-8H,16H2,1-3H3/t8-/m1/s1. The highest BCUT2D eigenvalue weighted by molar-refractivity contribution is 6.30. The van der Waals surface area contributed by atoms with Crippen LogP contribution < -0.4 is 10.5 Å². The molecule has 0 spiro atoms. The Hall–Kier alpha value is -1.65.